The maximum atomic E-state index is 4.87. The molecule has 0 unspecified atom stereocenters. The number of aromatic nitrogens is 1. The van der Waals surface area contributed by atoms with Crippen LogP contribution in [0.15, 0.2) is 103 Å². The van der Waals surface area contributed by atoms with Gasteiger partial charge in [0.25, 0.3) is 0 Å². The zero-order chi connectivity index (χ0) is 17.6. The summed E-state index contributed by atoms with van der Waals surface area (Å²) >= 11 is 0.521. The molecule has 0 spiro atoms. The zero-order valence-electron chi connectivity index (χ0n) is 14.1. The molecule has 0 fully saturated rings. The summed E-state index contributed by atoms with van der Waals surface area (Å²) in [7, 11) is 0. The third-order valence-electron chi connectivity index (χ3n) is 3.82. The van der Waals surface area contributed by atoms with E-state index in [2.05, 4.69) is 103 Å². The van der Waals surface area contributed by atoms with Crippen LogP contribution in [0.1, 0.15) is 0 Å². The van der Waals surface area contributed by atoms with Crippen LogP contribution in [0.2, 0.25) is 0 Å². The molecule has 1 aromatic heterocycles. The quantitative estimate of drug-likeness (QED) is 0.412. The van der Waals surface area contributed by atoms with Crippen LogP contribution >= 0.6 is 0 Å². The molecule has 0 saturated carbocycles. The number of benzene rings is 3. The van der Waals surface area contributed by atoms with Crippen molar-refractivity contribution in [1.82, 2.24) is 4.98 Å². The molecule has 1 nitrogen and oxygen atoms in total. The molecule has 0 N–H and O–H groups in total. The second-order valence-corrected chi connectivity index (χ2v) is 10.5. The summed E-state index contributed by atoms with van der Waals surface area (Å²) < 4.78 is 5.44. The van der Waals surface area contributed by atoms with Crippen LogP contribution in [-0.4, -0.2) is 34.9 Å². The molecule has 3 heteroatoms. The molecule has 1 heterocycles. The number of hydrogen-bond acceptors (Lipinski definition) is 1. The molecule has 3 aromatic carbocycles. The second kappa shape index (κ2) is 8.49. The van der Waals surface area contributed by atoms with E-state index >= 15 is 0 Å². The Morgan fingerprint density at radius 3 is 1.69 bits per heavy atom. The predicted molar refractivity (Wildman–Crippen MR) is 113 cm³/mol. The Morgan fingerprint density at radius 2 is 1.08 bits per heavy atom. The van der Waals surface area contributed by atoms with Crippen LogP contribution in [0.3, 0.4) is 0 Å². The van der Waals surface area contributed by atoms with Crippen LogP contribution in [0.5, 0.6) is 0 Å². The predicted octanol–water partition coefficient (Wildman–Crippen LogP) is 2.06. The number of nitrogens with zero attached hydrogens (tertiary/aromatic N) is 1. The van der Waals surface area contributed by atoms with Crippen molar-refractivity contribution < 1.29 is 0 Å². The molecule has 4 rings (SSSR count). The summed E-state index contributed by atoms with van der Waals surface area (Å²) in [6.07, 6.45) is 2.06. The van der Waals surface area contributed by atoms with Gasteiger partial charge in [-0.05, 0) is 0 Å². The summed E-state index contributed by atoms with van der Waals surface area (Å²) in [5.41, 5.74) is 2.31. The van der Waals surface area contributed by atoms with E-state index in [-0.39, 0.29) is 29.9 Å². The first-order chi connectivity index (χ1) is 12.9. The summed E-state index contributed by atoms with van der Waals surface area (Å²) in [5.74, 6) is 0. The zero-order valence-corrected chi connectivity index (χ0v) is 17.5. The molecule has 0 saturated heterocycles. The van der Waals surface area contributed by atoms with Gasteiger partial charge in [0.2, 0.25) is 0 Å². The Balaban J connectivity index is 1.72. The van der Waals surface area contributed by atoms with E-state index in [1.807, 2.05) is 0 Å². The van der Waals surface area contributed by atoms with Crippen molar-refractivity contribution in [3.8, 4) is 11.3 Å². The molecule has 0 bridgehead atoms. The summed E-state index contributed by atoms with van der Waals surface area (Å²) in [6, 6.07) is 34.3. The molecule has 0 aliphatic heterocycles. The van der Waals surface area contributed by atoms with E-state index in [1.165, 1.54) is 23.4 Å². The van der Waals surface area contributed by atoms with Gasteiger partial charge in [-0.25, -0.2) is 0 Å². The van der Waals surface area contributed by atoms with Crippen molar-refractivity contribution in [3.05, 3.63) is 103 Å². The van der Waals surface area contributed by atoms with Crippen molar-refractivity contribution in [3.63, 3.8) is 0 Å². The topological polar surface area (TPSA) is 12.9 Å². The molecule has 0 aliphatic rings. The first-order valence-corrected chi connectivity index (χ1v) is 11.8. The summed E-state index contributed by atoms with van der Waals surface area (Å²) in [6.45, 7) is 0. The van der Waals surface area contributed by atoms with Crippen LogP contribution in [0.4, 0.5) is 0 Å². The minimum absolute atomic E-state index is 0.238. The average Bonchev–Trinajstić information content (AvgIpc) is 2.70. The number of hydrogen-bond donors (Lipinski definition) is 0. The van der Waals surface area contributed by atoms with Crippen molar-refractivity contribution in [2.45, 2.75) is 0 Å². The second-order valence-electron chi connectivity index (χ2n) is 5.71. The van der Waals surface area contributed by atoms with Gasteiger partial charge in [-0.15, -0.1) is 0 Å². The van der Waals surface area contributed by atoms with Crippen LogP contribution in [-0.2, 0) is 0 Å². The van der Waals surface area contributed by atoms with Gasteiger partial charge in [0, 0.05) is 0 Å². The van der Waals surface area contributed by atoms with E-state index in [0.29, 0.717) is 0 Å². The van der Waals surface area contributed by atoms with Crippen molar-refractivity contribution in [1.29, 1.82) is 0 Å². The molecule has 0 radical (unpaired) electrons. The normalized spacial score (nSPS) is 10.6. The molecule has 0 amide bonds. The maximum absolute atomic E-state index is 4.87. The summed E-state index contributed by atoms with van der Waals surface area (Å²) in [4.78, 5) is 4.87. The van der Waals surface area contributed by atoms with Gasteiger partial charge >= 0.3 is 167 Å². The van der Waals surface area contributed by atoms with Gasteiger partial charge in [0.1, 0.15) is 0 Å². The fourth-order valence-electron chi connectivity index (χ4n) is 2.61. The number of rotatable bonds is 5. The molecular weight excluding hydrogens is 448 g/mol. The van der Waals surface area contributed by atoms with E-state index in [9.17, 15) is 0 Å². The van der Waals surface area contributed by atoms with Gasteiger partial charge in [-0.1, -0.05) is 0 Å². The van der Waals surface area contributed by atoms with Gasteiger partial charge in [-0.3, -0.25) is 0 Å². The number of pyridine rings is 1. The Morgan fingerprint density at radius 1 is 0.538 bits per heavy atom. The van der Waals surface area contributed by atoms with Crippen molar-refractivity contribution in [2.75, 3.05) is 0 Å². The van der Waals surface area contributed by atoms with E-state index < -0.39 is 0 Å². The molecular formula is C23H17NSe2. The van der Waals surface area contributed by atoms with Crippen LogP contribution in [0, 0.1) is 0 Å². The SMILES string of the molecule is c1ccc([Se]c2cnc(-c3ccccc3)c([Se]c3ccccc3)c2)cc1. The van der Waals surface area contributed by atoms with Crippen LogP contribution in [0.25, 0.3) is 11.3 Å². The molecule has 126 valence electrons. The molecule has 0 aliphatic carbocycles. The molecule has 4 aromatic rings. The molecule has 0 atom stereocenters. The fourth-order valence-corrected chi connectivity index (χ4v) is 6.87. The molecule has 26 heavy (non-hydrogen) atoms. The van der Waals surface area contributed by atoms with E-state index in [1.54, 1.807) is 0 Å². The van der Waals surface area contributed by atoms with Gasteiger partial charge in [0.15, 0.2) is 0 Å². The first kappa shape index (κ1) is 17.3. The van der Waals surface area contributed by atoms with E-state index in [4.69, 9.17) is 4.98 Å². The third-order valence-corrected chi connectivity index (χ3v) is 8.03. The van der Waals surface area contributed by atoms with Crippen molar-refractivity contribution in [2.24, 2.45) is 0 Å². The average molecular weight is 465 g/mol. The van der Waals surface area contributed by atoms with Gasteiger partial charge in [0.05, 0.1) is 0 Å². The Labute approximate surface area is 166 Å². The summed E-state index contributed by atoms with van der Waals surface area (Å²) in [5, 5.41) is 0. The fraction of sp³-hybridized carbons (Fsp3) is 0. The van der Waals surface area contributed by atoms with Crippen LogP contribution < -0.4 is 17.8 Å². The minimum atomic E-state index is 0.238. The Kier molecular flexibility index (Phi) is 5.64. The standard InChI is InChI=1S/C23H17NSe2/c1-4-10-18(11-5-1)23-22(26-20-14-8-3-9-15-20)16-21(17-24-23)25-19-12-6-2-7-13-19/h1-17H. The van der Waals surface area contributed by atoms with Gasteiger partial charge in [-0.2, -0.15) is 0 Å². The first-order valence-electron chi connectivity index (χ1n) is 8.40. The Bertz CT molecular complexity index is 971. The third kappa shape index (κ3) is 4.33. The van der Waals surface area contributed by atoms with E-state index in [0.717, 1.165) is 5.69 Å². The van der Waals surface area contributed by atoms with Crippen molar-refractivity contribution >= 4 is 47.8 Å². The Hall–Kier alpha value is -2.15. The van der Waals surface area contributed by atoms with Gasteiger partial charge < -0.3 is 0 Å². The monoisotopic (exact) mass is 467 g/mol.